The van der Waals surface area contributed by atoms with E-state index < -0.39 is 5.60 Å². The molecule has 5 heteroatoms. The molecule has 0 radical (unpaired) electrons. The number of carbonyl (C=O) groups is 1. The van der Waals surface area contributed by atoms with Crippen LogP contribution < -0.4 is 5.32 Å². The molecule has 0 aromatic carbocycles. The molecule has 23 heavy (non-hydrogen) atoms. The summed E-state index contributed by atoms with van der Waals surface area (Å²) in [6.45, 7) is 7.97. The molecule has 1 N–H and O–H groups in total. The maximum Gasteiger partial charge on any atom is 0.410 e. The van der Waals surface area contributed by atoms with Crippen LogP contribution >= 0.6 is 0 Å². The molecule has 2 aliphatic rings. The van der Waals surface area contributed by atoms with Crippen molar-refractivity contribution >= 4 is 6.09 Å². The van der Waals surface area contributed by atoms with Gasteiger partial charge in [-0.25, -0.2) is 4.79 Å². The van der Waals surface area contributed by atoms with Crippen molar-refractivity contribution in [3.8, 4) is 0 Å². The van der Waals surface area contributed by atoms with Crippen molar-refractivity contribution < 1.29 is 14.3 Å². The lowest BCUT2D eigenvalue weighted by Crippen LogP contribution is -2.45. The Morgan fingerprint density at radius 2 is 2.09 bits per heavy atom. The highest BCUT2D eigenvalue weighted by Gasteiger charge is 2.26. The molecule has 0 spiro atoms. The molecule has 2 atom stereocenters. The lowest BCUT2D eigenvalue weighted by atomic mass is 9.92. The van der Waals surface area contributed by atoms with Gasteiger partial charge < -0.3 is 19.7 Å². The van der Waals surface area contributed by atoms with Crippen molar-refractivity contribution in [2.75, 3.05) is 26.7 Å². The van der Waals surface area contributed by atoms with Crippen LogP contribution in [0, 0.1) is 0 Å². The molecular weight excluding hydrogens is 292 g/mol. The monoisotopic (exact) mass is 324 g/mol. The second kappa shape index (κ2) is 8.15. The first-order valence-corrected chi connectivity index (χ1v) is 8.81. The summed E-state index contributed by atoms with van der Waals surface area (Å²) in [5.41, 5.74) is 0.948. The number of rotatable bonds is 4. The predicted octanol–water partition coefficient (Wildman–Crippen LogP) is 3.10. The molecular formula is C18H32N2O3. The van der Waals surface area contributed by atoms with Crippen LogP contribution in [0.5, 0.6) is 0 Å². The van der Waals surface area contributed by atoms with Gasteiger partial charge in [0.2, 0.25) is 0 Å². The molecule has 0 aromatic rings. The van der Waals surface area contributed by atoms with Crippen LogP contribution in [-0.2, 0) is 9.47 Å². The Morgan fingerprint density at radius 1 is 1.35 bits per heavy atom. The summed E-state index contributed by atoms with van der Waals surface area (Å²) < 4.78 is 11.0. The van der Waals surface area contributed by atoms with Gasteiger partial charge in [-0.05, 0) is 40.0 Å². The van der Waals surface area contributed by atoms with Gasteiger partial charge in [0.15, 0.2) is 0 Å². The number of nitrogens with one attached hydrogen (secondary N) is 1. The van der Waals surface area contributed by atoms with Gasteiger partial charge in [-0.3, -0.25) is 0 Å². The van der Waals surface area contributed by atoms with E-state index in [0.29, 0.717) is 18.7 Å². The third kappa shape index (κ3) is 5.81. The van der Waals surface area contributed by atoms with E-state index in [4.69, 9.17) is 9.47 Å². The minimum atomic E-state index is -0.432. The highest BCUT2D eigenvalue weighted by Crippen LogP contribution is 2.21. The van der Waals surface area contributed by atoms with Crippen LogP contribution in [0.15, 0.2) is 11.6 Å². The van der Waals surface area contributed by atoms with Crippen LogP contribution in [0.4, 0.5) is 4.79 Å². The summed E-state index contributed by atoms with van der Waals surface area (Å²) in [4.78, 5) is 13.8. The molecule has 0 bridgehead atoms. The fraction of sp³-hybridized carbons (Fsp3) is 0.833. The standard InChI is InChI=1S/C18H32N2O3/c1-18(2,3)23-17(21)20-11-9-14(10-12-20)13-19-15-7-5-6-8-16(15)22-4/h9,15-16,19H,5-8,10-13H2,1-4H3. The predicted molar refractivity (Wildman–Crippen MR) is 91.6 cm³/mol. The Kier molecular flexibility index (Phi) is 6.48. The minimum absolute atomic E-state index is 0.215. The van der Waals surface area contributed by atoms with E-state index in [0.717, 1.165) is 25.9 Å². The summed E-state index contributed by atoms with van der Waals surface area (Å²) in [7, 11) is 1.81. The number of amides is 1. The molecule has 1 saturated carbocycles. The van der Waals surface area contributed by atoms with E-state index in [2.05, 4.69) is 11.4 Å². The average Bonchev–Trinajstić information content (AvgIpc) is 2.52. The number of hydrogen-bond acceptors (Lipinski definition) is 4. The molecule has 0 aromatic heterocycles. The molecule has 0 saturated heterocycles. The zero-order valence-electron chi connectivity index (χ0n) is 15.1. The van der Waals surface area contributed by atoms with Gasteiger partial charge in [-0.1, -0.05) is 24.5 Å². The first-order chi connectivity index (χ1) is 10.9. The second-order valence-corrected chi connectivity index (χ2v) is 7.58. The third-order valence-corrected chi connectivity index (χ3v) is 4.55. The van der Waals surface area contributed by atoms with Gasteiger partial charge in [0.25, 0.3) is 0 Å². The topological polar surface area (TPSA) is 50.8 Å². The van der Waals surface area contributed by atoms with Crippen molar-refractivity contribution in [1.82, 2.24) is 10.2 Å². The van der Waals surface area contributed by atoms with E-state index >= 15 is 0 Å². The van der Waals surface area contributed by atoms with Gasteiger partial charge in [0.05, 0.1) is 6.10 Å². The van der Waals surface area contributed by atoms with Gasteiger partial charge in [-0.15, -0.1) is 0 Å². The quantitative estimate of drug-likeness (QED) is 0.807. The Morgan fingerprint density at radius 3 is 2.70 bits per heavy atom. The highest BCUT2D eigenvalue weighted by atomic mass is 16.6. The van der Waals surface area contributed by atoms with Gasteiger partial charge in [0, 0.05) is 32.8 Å². The highest BCUT2D eigenvalue weighted by molar-refractivity contribution is 5.68. The smallest absolute Gasteiger partial charge is 0.410 e. The maximum absolute atomic E-state index is 12.0. The largest absolute Gasteiger partial charge is 0.444 e. The zero-order chi connectivity index (χ0) is 16.9. The molecule has 1 aliphatic carbocycles. The third-order valence-electron chi connectivity index (χ3n) is 4.55. The summed E-state index contributed by atoms with van der Waals surface area (Å²) in [6, 6.07) is 0.457. The molecule has 2 unspecified atom stereocenters. The molecule has 1 amide bonds. The van der Waals surface area contributed by atoms with E-state index in [9.17, 15) is 4.79 Å². The summed E-state index contributed by atoms with van der Waals surface area (Å²) in [5.74, 6) is 0. The number of ether oxygens (including phenoxy) is 2. The molecule has 5 nitrogen and oxygen atoms in total. The molecule has 1 heterocycles. The summed E-state index contributed by atoms with van der Waals surface area (Å²) in [5, 5.41) is 3.65. The van der Waals surface area contributed by atoms with Gasteiger partial charge in [-0.2, -0.15) is 0 Å². The van der Waals surface area contributed by atoms with E-state index in [1.807, 2.05) is 27.9 Å². The normalized spacial score (nSPS) is 25.9. The van der Waals surface area contributed by atoms with Crippen LogP contribution in [0.1, 0.15) is 52.9 Å². The van der Waals surface area contributed by atoms with E-state index in [1.165, 1.54) is 24.8 Å². The lowest BCUT2D eigenvalue weighted by molar-refractivity contribution is 0.0264. The van der Waals surface area contributed by atoms with Crippen LogP contribution in [0.25, 0.3) is 0 Å². The second-order valence-electron chi connectivity index (χ2n) is 7.58. The van der Waals surface area contributed by atoms with Crippen molar-refractivity contribution in [2.45, 2.75) is 70.6 Å². The lowest BCUT2D eigenvalue weighted by Gasteiger charge is -2.33. The van der Waals surface area contributed by atoms with Gasteiger partial charge in [0.1, 0.15) is 5.60 Å². The minimum Gasteiger partial charge on any atom is -0.444 e. The average molecular weight is 324 g/mol. The Labute approximate surface area is 140 Å². The summed E-state index contributed by atoms with van der Waals surface area (Å²) in [6.07, 6.45) is 8.09. The SMILES string of the molecule is COC1CCCCC1NCC1=CCN(C(=O)OC(C)(C)C)CC1. The Balaban J connectivity index is 1.77. The number of methoxy groups -OCH3 is 1. The van der Waals surface area contributed by atoms with Crippen molar-refractivity contribution in [3.05, 3.63) is 11.6 Å². The Hall–Kier alpha value is -1.07. The van der Waals surface area contributed by atoms with Crippen molar-refractivity contribution in [2.24, 2.45) is 0 Å². The van der Waals surface area contributed by atoms with Crippen molar-refractivity contribution in [3.63, 3.8) is 0 Å². The van der Waals surface area contributed by atoms with E-state index in [1.54, 1.807) is 4.90 Å². The van der Waals surface area contributed by atoms with Crippen LogP contribution in [0.3, 0.4) is 0 Å². The number of hydrogen-bond donors (Lipinski definition) is 1. The Bertz CT molecular complexity index is 428. The zero-order valence-corrected chi connectivity index (χ0v) is 15.1. The molecule has 2 rings (SSSR count). The van der Waals surface area contributed by atoms with Gasteiger partial charge >= 0.3 is 6.09 Å². The summed E-state index contributed by atoms with van der Waals surface area (Å²) >= 11 is 0. The fourth-order valence-electron chi connectivity index (χ4n) is 3.24. The van der Waals surface area contributed by atoms with Crippen molar-refractivity contribution in [1.29, 1.82) is 0 Å². The first-order valence-electron chi connectivity index (χ1n) is 8.81. The fourth-order valence-corrected chi connectivity index (χ4v) is 3.24. The number of carbonyl (C=O) groups excluding carboxylic acids is 1. The molecule has 1 aliphatic heterocycles. The van der Waals surface area contributed by atoms with E-state index in [-0.39, 0.29) is 6.09 Å². The van der Waals surface area contributed by atoms with Crippen LogP contribution in [-0.4, -0.2) is 55.5 Å². The maximum atomic E-state index is 12.0. The van der Waals surface area contributed by atoms with Crippen LogP contribution in [0.2, 0.25) is 0 Å². The molecule has 1 fully saturated rings. The number of nitrogens with zero attached hydrogens (tertiary/aromatic N) is 1. The molecule has 132 valence electrons. The first kappa shape index (κ1) is 18.3.